The van der Waals surface area contributed by atoms with Crippen LogP contribution in [0.25, 0.3) is 5.57 Å². The van der Waals surface area contributed by atoms with Crippen LogP contribution in [0, 0.1) is 5.92 Å². The Balaban J connectivity index is 0.000000679. The molecule has 274 valence electrons. The van der Waals surface area contributed by atoms with Crippen molar-refractivity contribution in [3.8, 4) is 5.75 Å². The number of carbonyl (C=O) groups excluding carboxylic acids is 3. The maximum absolute atomic E-state index is 13.8. The van der Waals surface area contributed by atoms with Crippen LogP contribution in [-0.2, 0) is 30.7 Å². The van der Waals surface area contributed by atoms with Gasteiger partial charge in [-0.3, -0.25) is 10.1 Å². The number of para-hydroxylation sites is 1. The summed E-state index contributed by atoms with van der Waals surface area (Å²) in [6.45, 7) is 2.33. The van der Waals surface area contributed by atoms with E-state index in [0.717, 1.165) is 29.1 Å². The molecule has 0 spiro atoms. The summed E-state index contributed by atoms with van der Waals surface area (Å²) in [7, 11) is 3.59. The summed E-state index contributed by atoms with van der Waals surface area (Å²) in [4.78, 5) is 73.3. The van der Waals surface area contributed by atoms with Crippen molar-refractivity contribution in [1.29, 1.82) is 0 Å². The molecule has 3 aromatic rings. The molecule has 3 heterocycles. The van der Waals surface area contributed by atoms with Gasteiger partial charge in [-0.2, -0.15) is 18.2 Å². The maximum Gasteiger partial charge on any atom is 0.490 e. The number of aliphatic carboxylic acids is 1. The van der Waals surface area contributed by atoms with E-state index in [0.29, 0.717) is 48.9 Å². The number of nitrogens with zero attached hydrogens (tertiary/aromatic N) is 5. The Hall–Kier alpha value is -5.81. The van der Waals surface area contributed by atoms with Gasteiger partial charge in [0, 0.05) is 23.9 Å². The van der Waals surface area contributed by atoms with E-state index in [4.69, 9.17) is 29.4 Å². The first-order valence-electron chi connectivity index (χ1n) is 16.0. The van der Waals surface area contributed by atoms with E-state index in [2.05, 4.69) is 15.2 Å². The number of carboxylic acids is 1. The zero-order valence-electron chi connectivity index (χ0n) is 28.1. The first-order valence-corrected chi connectivity index (χ1v) is 16.0. The summed E-state index contributed by atoms with van der Waals surface area (Å²) >= 11 is 0. The van der Waals surface area contributed by atoms with Crippen LogP contribution in [0.4, 0.5) is 35.4 Å². The van der Waals surface area contributed by atoms with Crippen LogP contribution in [0.1, 0.15) is 24.0 Å². The van der Waals surface area contributed by atoms with E-state index in [-0.39, 0.29) is 17.6 Å². The van der Waals surface area contributed by atoms with E-state index in [1.165, 1.54) is 0 Å². The lowest BCUT2D eigenvalue weighted by Crippen LogP contribution is -2.49. The summed E-state index contributed by atoms with van der Waals surface area (Å²) in [6, 6.07) is 15.4. The fourth-order valence-corrected chi connectivity index (χ4v) is 5.63. The zero-order valence-corrected chi connectivity index (χ0v) is 28.1. The molecule has 1 aromatic heterocycles. The fourth-order valence-electron chi connectivity index (χ4n) is 5.63. The van der Waals surface area contributed by atoms with Crippen molar-refractivity contribution in [2.75, 3.05) is 43.7 Å². The van der Waals surface area contributed by atoms with Crippen molar-refractivity contribution in [2.45, 2.75) is 31.6 Å². The van der Waals surface area contributed by atoms with Crippen LogP contribution in [-0.4, -0.2) is 89.9 Å². The largest absolute Gasteiger partial charge is 0.497 e. The highest BCUT2D eigenvalue weighted by atomic mass is 19.4. The normalized spacial score (nSPS) is 17.6. The van der Waals surface area contributed by atoms with Gasteiger partial charge >= 0.3 is 24.2 Å². The van der Waals surface area contributed by atoms with E-state index < -0.39 is 30.2 Å². The molecule has 0 bridgehead atoms. The number of Topliss-reactive ketones (excluding diaryl/α,β-unsaturated/α-hetero) is 1. The molecule has 3 aliphatic rings. The second kappa shape index (κ2) is 16.5. The molecule has 52 heavy (non-hydrogen) atoms. The van der Waals surface area contributed by atoms with Crippen molar-refractivity contribution in [2.24, 2.45) is 5.92 Å². The number of likely N-dealkylation sites (tertiary alicyclic amines) is 1. The number of hydrogen-bond donors (Lipinski definition) is 2. The number of allylic oxidation sites excluding steroid dienone is 2. The third-order valence-corrected chi connectivity index (χ3v) is 8.41. The Kier molecular flexibility index (Phi) is 11.9. The molecule has 0 radical (unpaired) electrons. The van der Waals surface area contributed by atoms with E-state index >= 15 is 0 Å². The molecule has 2 aromatic carbocycles. The molecule has 17 heteroatoms. The number of methoxy groups -OCH3 is 1. The van der Waals surface area contributed by atoms with Crippen molar-refractivity contribution >= 4 is 46.8 Å². The summed E-state index contributed by atoms with van der Waals surface area (Å²) in [6.07, 6.45) is 2.27. The average Bonchev–Trinajstić information content (AvgIpc) is 3.14. The van der Waals surface area contributed by atoms with Gasteiger partial charge in [-0.05, 0) is 62.8 Å². The lowest BCUT2D eigenvalue weighted by atomic mass is 9.92. The molecular formula is C35H35F3N6O8. The number of piperidine rings is 1. The number of alkyl halides is 3. The number of benzene rings is 2. The summed E-state index contributed by atoms with van der Waals surface area (Å²) < 4.78 is 37.0. The number of halogens is 3. The Morgan fingerprint density at radius 2 is 1.69 bits per heavy atom. The van der Waals surface area contributed by atoms with Crippen molar-refractivity contribution in [3.63, 3.8) is 0 Å². The van der Waals surface area contributed by atoms with Gasteiger partial charge < -0.3 is 19.6 Å². The average molecular weight is 725 g/mol. The van der Waals surface area contributed by atoms with Crippen molar-refractivity contribution < 1.29 is 52.0 Å². The predicted molar refractivity (Wildman–Crippen MR) is 180 cm³/mol. The number of anilines is 3. The molecule has 14 nitrogen and oxygen atoms in total. The number of amides is 1. The van der Waals surface area contributed by atoms with Gasteiger partial charge in [0.15, 0.2) is 5.78 Å². The summed E-state index contributed by atoms with van der Waals surface area (Å²) in [5.41, 5.74) is 2.50. The number of aromatic nitrogens is 2. The highest BCUT2D eigenvalue weighted by Crippen LogP contribution is 2.32. The number of rotatable bonds is 6. The van der Waals surface area contributed by atoms with Crippen LogP contribution < -0.4 is 19.9 Å². The molecule has 1 amide bonds. The third kappa shape index (κ3) is 8.91. The van der Waals surface area contributed by atoms with Crippen LogP contribution in [0.3, 0.4) is 0 Å². The number of carboxylic acid groups (broad SMARTS) is 1. The molecule has 1 aliphatic carbocycles. The molecule has 1 fully saturated rings. The Labute approximate surface area is 296 Å². The summed E-state index contributed by atoms with van der Waals surface area (Å²) in [5, 5.41) is 10.4. The molecule has 2 aliphatic heterocycles. The van der Waals surface area contributed by atoms with Gasteiger partial charge in [0.1, 0.15) is 17.6 Å². The van der Waals surface area contributed by atoms with Crippen LogP contribution in [0.15, 0.2) is 79.0 Å². The number of ether oxygens (including phenoxy) is 1. The topological polar surface area (TPSA) is 164 Å². The summed E-state index contributed by atoms with van der Waals surface area (Å²) in [5.74, 6) is -2.59. The highest BCUT2D eigenvalue weighted by molar-refractivity contribution is 6.26. The van der Waals surface area contributed by atoms with E-state index in [1.54, 1.807) is 43.6 Å². The minimum Gasteiger partial charge on any atom is -0.497 e. The smallest absolute Gasteiger partial charge is 0.490 e. The Morgan fingerprint density at radius 3 is 2.33 bits per heavy atom. The SMILES string of the molecule is COc1ccc(C2=CC=CC(N3CNCc4cnc(N(C(=O)OOC(=O)C5CCN(C)CC5)c5ccccc5)nc43)C2=O)cc1.O=C(O)C(F)(F)F. The van der Waals surface area contributed by atoms with Gasteiger partial charge in [0.2, 0.25) is 5.95 Å². The van der Waals surface area contributed by atoms with Gasteiger partial charge in [-0.1, -0.05) is 48.6 Å². The second-order valence-electron chi connectivity index (χ2n) is 11.9. The van der Waals surface area contributed by atoms with E-state index in [9.17, 15) is 27.6 Å². The van der Waals surface area contributed by atoms with Crippen LogP contribution >= 0.6 is 0 Å². The standard InChI is InChI=1S/C33H34N6O6.C2HF3O2/c1-37-17-15-23(16-18-37)31(41)44-45-33(42)39(25-7-4-3-5-8-25)32-35-20-24-19-34-21-38(30(24)36-32)28-10-6-9-27(29(28)40)22-11-13-26(43-2)14-12-22;3-2(4,5)1(6)7/h3-14,20,23,28,34H,15-19,21H2,1-2H3;(H,6,7). The minimum absolute atomic E-state index is 0.00495. The first kappa shape index (κ1) is 37.4. The molecule has 1 unspecified atom stereocenters. The lowest BCUT2D eigenvalue weighted by Gasteiger charge is -2.36. The molecule has 2 N–H and O–H groups in total. The molecule has 1 saturated heterocycles. The van der Waals surface area contributed by atoms with Gasteiger partial charge in [-0.25, -0.2) is 34.0 Å². The lowest BCUT2D eigenvalue weighted by molar-refractivity contribution is -0.236. The Bertz CT molecular complexity index is 1830. The highest BCUT2D eigenvalue weighted by Gasteiger charge is 2.38. The molecular weight excluding hydrogens is 689 g/mol. The van der Waals surface area contributed by atoms with Gasteiger partial charge in [-0.15, -0.1) is 0 Å². The maximum atomic E-state index is 13.8. The van der Waals surface area contributed by atoms with E-state index in [1.807, 2.05) is 54.4 Å². The third-order valence-electron chi connectivity index (χ3n) is 8.41. The van der Waals surface area contributed by atoms with Gasteiger partial charge in [0.05, 0.1) is 25.4 Å². The molecule has 0 saturated carbocycles. The minimum atomic E-state index is -5.08. The monoisotopic (exact) mass is 724 g/mol. The predicted octanol–water partition coefficient (Wildman–Crippen LogP) is 4.65. The molecule has 1 atom stereocenters. The Morgan fingerprint density at radius 1 is 1.02 bits per heavy atom. The van der Waals surface area contributed by atoms with Crippen molar-refractivity contribution in [1.82, 2.24) is 20.2 Å². The van der Waals surface area contributed by atoms with Gasteiger partial charge in [0.25, 0.3) is 0 Å². The van der Waals surface area contributed by atoms with Crippen LogP contribution in [0.5, 0.6) is 5.75 Å². The second-order valence-corrected chi connectivity index (χ2v) is 11.9. The number of hydrogen-bond acceptors (Lipinski definition) is 12. The molecule has 6 rings (SSSR count). The number of fused-ring (bicyclic) bond motifs is 1. The van der Waals surface area contributed by atoms with Crippen molar-refractivity contribution in [3.05, 3.63) is 90.1 Å². The van der Waals surface area contributed by atoms with Crippen LogP contribution in [0.2, 0.25) is 0 Å². The number of ketones is 1. The fraction of sp³-hybridized carbons (Fsp3) is 0.314. The zero-order chi connectivity index (χ0) is 37.4. The quantitative estimate of drug-likeness (QED) is 0.267. The number of carbonyl (C=O) groups is 4. The first-order chi connectivity index (χ1) is 24.9. The number of nitrogens with one attached hydrogen (secondary N) is 1.